The van der Waals surface area contributed by atoms with Crippen LogP contribution in [-0.2, 0) is 31.1 Å². The van der Waals surface area contributed by atoms with Crippen molar-refractivity contribution in [3.8, 4) is 0 Å². The minimum absolute atomic E-state index is 0. The van der Waals surface area contributed by atoms with E-state index >= 15 is 8.78 Å². The first-order valence-corrected chi connectivity index (χ1v) is 18.1. The number of unbranched alkanes of at least 4 members (excludes halogenated alkanes) is 1. The molecule has 3 aromatic rings. The Balaban J connectivity index is 0.00000246. The molecule has 1 amide bonds. The van der Waals surface area contributed by atoms with Crippen molar-refractivity contribution < 1.29 is 15.0 Å². The highest BCUT2D eigenvalue weighted by atomic mass is 19.1. The van der Waals surface area contributed by atoms with Crippen molar-refractivity contribution in [2.45, 2.75) is 120 Å². The molecule has 6 nitrogen and oxygen atoms in total. The zero-order chi connectivity index (χ0) is 34.2. The third kappa shape index (κ3) is 9.44. The number of aromatic nitrogens is 2. The van der Waals surface area contributed by atoms with Crippen LogP contribution in [0.3, 0.4) is 0 Å². The number of halogens is 2. The van der Waals surface area contributed by atoms with E-state index in [0.29, 0.717) is 42.3 Å². The number of amides is 1. The molecule has 274 valence electrons. The topological polar surface area (TPSA) is 85.5 Å². The molecule has 1 saturated heterocycles. The monoisotopic (exact) mass is 682 g/mol. The quantitative estimate of drug-likeness (QED) is 0.219. The summed E-state index contributed by atoms with van der Waals surface area (Å²) in [4.78, 5) is 21.1. The Kier molecular flexibility index (Phi) is 16.3. The van der Waals surface area contributed by atoms with Crippen LogP contribution in [0.25, 0.3) is 10.9 Å². The van der Waals surface area contributed by atoms with Crippen molar-refractivity contribution in [3.63, 3.8) is 0 Å². The molecule has 3 heterocycles. The molecule has 0 saturated carbocycles. The Labute approximate surface area is 296 Å². The van der Waals surface area contributed by atoms with Gasteiger partial charge in [0.05, 0.1) is 0 Å². The van der Waals surface area contributed by atoms with Gasteiger partial charge in [-0.25, -0.2) is 13.8 Å². The SMILES string of the molecule is C.CC.CCCCc1ccc(C2=NC(C(=O)N3CCC[C@H](C(C)CC)C3)=C(C)C(CCc3cc(F)c4nn(C)c(CC)c4c3)C2)cc1F.N.[HH]. The highest BCUT2D eigenvalue weighted by Gasteiger charge is 2.33. The molecule has 1 aromatic heterocycles. The van der Waals surface area contributed by atoms with Crippen LogP contribution < -0.4 is 6.15 Å². The summed E-state index contributed by atoms with van der Waals surface area (Å²) in [6, 6.07) is 9.11. The number of hydrogen-bond donors (Lipinski definition) is 1. The Morgan fingerprint density at radius 3 is 2.47 bits per heavy atom. The first kappa shape index (κ1) is 41.8. The Morgan fingerprint density at radius 1 is 1.08 bits per heavy atom. The minimum Gasteiger partial charge on any atom is -0.344 e. The molecule has 0 spiro atoms. The van der Waals surface area contributed by atoms with Gasteiger partial charge in [-0.1, -0.05) is 73.9 Å². The van der Waals surface area contributed by atoms with Crippen molar-refractivity contribution in [2.75, 3.05) is 13.1 Å². The van der Waals surface area contributed by atoms with Crippen molar-refractivity contribution in [1.29, 1.82) is 0 Å². The number of carbonyl (C=O) groups excluding carboxylic acids is 1. The van der Waals surface area contributed by atoms with Gasteiger partial charge in [0.1, 0.15) is 17.0 Å². The Hall–Kier alpha value is -3.39. The molecule has 49 heavy (non-hydrogen) atoms. The van der Waals surface area contributed by atoms with E-state index in [1.165, 1.54) is 0 Å². The maximum atomic E-state index is 15.2. The van der Waals surface area contributed by atoms with Crippen LogP contribution in [0, 0.1) is 29.4 Å². The minimum atomic E-state index is -0.300. The summed E-state index contributed by atoms with van der Waals surface area (Å²) in [6.45, 7) is 16.2. The van der Waals surface area contributed by atoms with Crippen LogP contribution in [0.5, 0.6) is 0 Å². The lowest BCUT2D eigenvalue weighted by Gasteiger charge is -2.36. The lowest BCUT2D eigenvalue weighted by atomic mass is 9.82. The second-order valence-corrected chi connectivity index (χ2v) is 13.4. The molecule has 8 heteroatoms. The van der Waals surface area contributed by atoms with Gasteiger partial charge < -0.3 is 11.1 Å². The van der Waals surface area contributed by atoms with E-state index in [1.807, 2.05) is 44.9 Å². The number of aryl methyl sites for hydroxylation is 4. The fourth-order valence-electron chi connectivity index (χ4n) is 7.27. The van der Waals surface area contributed by atoms with Crippen molar-refractivity contribution in [2.24, 2.45) is 29.8 Å². The average molecular weight is 682 g/mol. The molecule has 2 aliphatic rings. The van der Waals surface area contributed by atoms with Gasteiger partial charge in [0, 0.05) is 38.4 Å². The molecule has 0 aliphatic carbocycles. The standard InChI is InChI=1S/C38H50F2N4O.C2H6.CH4.H3N.H2/c1-7-10-12-27-16-17-29(21-32(27)39)34-22-28(15-14-26-19-31-35(9-3)43(6)42-37(31)33(40)20-26)25(5)36(41-34)38(45)44-18-11-13-30(23-44)24(4)8-2;1-2;;;/h16-17,19-21,24,28,30H,7-15,18,22-23H2,1-6H3;1-2H3;1H4;1H3;1H/t24?,28?,30-;;;;/m0..../s1. The normalized spacial score (nSPS) is 18.2. The molecule has 3 N–H and O–H groups in total. The summed E-state index contributed by atoms with van der Waals surface area (Å²) in [5.41, 5.74) is 6.05. The summed E-state index contributed by atoms with van der Waals surface area (Å²) >= 11 is 0. The number of aliphatic imine (C=N–C) groups is 1. The van der Waals surface area contributed by atoms with Crippen molar-refractivity contribution >= 4 is 22.5 Å². The predicted molar refractivity (Wildman–Crippen MR) is 205 cm³/mol. The van der Waals surface area contributed by atoms with Gasteiger partial charge in [-0.15, -0.1) is 0 Å². The van der Waals surface area contributed by atoms with Crippen LogP contribution in [0.2, 0.25) is 0 Å². The number of allylic oxidation sites excluding steroid dienone is 1. The molecule has 3 atom stereocenters. The fraction of sp³-hybridized carbons (Fsp3) is 0.585. The van der Waals surface area contributed by atoms with E-state index in [1.54, 1.807) is 16.8 Å². The molecule has 2 unspecified atom stereocenters. The van der Waals surface area contributed by atoms with Gasteiger partial charge in [-0.05, 0) is 117 Å². The number of likely N-dealkylation sites (tertiary alicyclic amines) is 1. The van der Waals surface area contributed by atoms with Crippen LogP contribution in [-0.4, -0.2) is 39.4 Å². The second kappa shape index (κ2) is 19.1. The maximum absolute atomic E-state index is 15.2. The van der Waals surface area contributed by atoms with Crippen molar-refractivity contribution in [3.05, 3.63) is 75.6 Å². The summed E-state index contributed by atoms with van der Waals surface area (Å²) in [6.07, 6.45) is 8.70. The molecular formula is C41H65F2N5O. The number of benzene rings is 2. The third-order valence-electron chi connectivity index (χ3n) is 10.4. The van der Waals surface area contributed by atoms with Crippen LogP contribution in [0.1, 0.15) is 125 Å². The second-order valence-electron chi connectivity index (χ2n) is 13.4. The number of piperidine rings is 1. The van der Waals surface area contributed by atoms with Gasteiger partial charge in [0.25, 0.3) is 5.91 Å². The van der Waals surface area contributed by atoms with Gasteiger partial charge >= 0.3 is 0 Å². The fourth-order valence-corrected chi connectivity index (χ4v) is 7.27. The molecule has 5 rings (SSSR count). The lowest BCUT2D eigenvalue weighted by molar-refractivity contribution is -0.129. The van der Waals surface area contributed by atoms with Crippen molar-refractivity contribution in [1.82, 2.24) is 20.8 Å². The van der Waals surface area contributed by atoms with Gasteiger partial charge in [-0.2, -0.15) is 5.10 Å². The first-order valence-electron chi connectivity index (χ1n) is 18.1. The van der Waals surface area contributed by atoms with Crippen LogP contribution in [0.15, 0.2) is 46.6 Å². The molecule has 0 bridgehead atoms. The van der Waals surface area contributed by atoms with E-state index in [0.717, 1.165) is 97.1 Å². The number of nitrogens with zero attached hydrogens (tertiary/aromatic N) is 4. The molecular weight excluding hydrogens is 616 g/mol. The zero-order valence-electron chi connectivity index (χ0n) is 30.8. The molecule has 1 fully saturated rings. The van der Waals surface area contributed by atoms with Crippen LogP contribution >= 0.6 is 0 Å². The predicted octanol–water partition coefficient (Wildman–Crippen LogP) is 10.8. The summed E-state index contributed by atoms with van der Waals surface area (Å²) in [5, 5.41) is 5.27. The van der Waals surface area contributed by atoms with E-state index in [4.69, 9.17) is 4.99 Å². The average Bonchev–Trinajstić information content (AvgIpc) is 3.42. The lowest BCUT2D eigenvalue weighted by Crippen LogP contribution is -2.43. The molecule has 0 radical (unpaired) electrons. The number of rotatable bonds is 11. The Bertz CT molecular complexity index is 1610. The van der Waals surface area contributed by atoms with Gasteiger partial charge in [-0.3, -0.25) is 9.48 Å². The summed E-state index contributed by atoms with van der Waals surface area (Å²) in [7, 11) is 1.86. The van der Waals surface area contributed by atoms with E-state index in [9.17, 15) is 4.79 Å². The first-order chi connectivity index (χ1) is 22.6. The van der Waals surface area contributed by atoms with E-state index in [2.05, 4.69) is 38.9 Å². The van der Waals surface area contributed by atoms with E-state index < -0.39 is 0 Å². The summed E-state index contributed by atoms with van der Waals surface area (Å²) in [5.74, 6) is 0.566. The number of fused-ring (bicyclic) bond motifs is 1. The van der Waals surface area contributed by atoms with Crippen LogP contribution in [0.4, 0.5) is 8.78 Å². The summed E-state index contributed by atoms with van der Waals surface area (Å²) < 4.78 is 32.1. The highest BCUT2D eigenvalue weighted by Crippen LogP contribution is 2.35. The number of hydrogen-bond acceptors (Lipinski definition) is 4. The third-order valence-corrected chi connectivity index (χ3v) is 10.4. The Morgan fingerprint density at radius 2 is 1.82 bits per heavy atom. The number of carbonyl (C=O) groups is 1. The van der Waals surface area contributed by atoms with Gasteiger partial charge in [0.15, 0.2) is 5.82 Å². The largest absolute Gasteiger partial charge is 0.344 e. The molecule has 2 aromatic carbocycles. The zero-order valence-corrected chi connectivity index (χ0v) is 30.8. The molecule has 2 aliphatic heterocycles. The maximum Gasteiger partial charge on any atom is 0.272 e. The van der Waals surface area contributed by atoms with E-state index in [-0.39, 0.29) is 38.5 Å². The smallest absolute Gasteiger partial charge is 0.272 e. The van der Waals surface area contributed by atoms with Gasteiger partial charge in [0.2, 0.25) is 0 Å². The highest BCUT2D eigenvalue weighted by molar-refractivity contribution is 6.06.